The Kier molecular flexibility index (Phi) is 4.72. The quantitative estimate of drug-likeness (QED) is 0.812. The molecule has 0 saturated heterocycles. The Balaban J connectivity index is 2.65. The second-order valence-corrected chi connectivity index (χ2v) is 4.01. The number of benzene rings is 1. The van der Waals surface area contributed by atoms with E-state index in [0.717, 1.165) is 5.56 Å². The van der Waals surface area contributed by atoms with E-state index < -0.39 is 0 Å². The molecule has 84 valence electrons. The summed E-state index contributed by atoms with van der Waals surface area (Å²) in [7, 11) is 0. The third-order valence-electron chi connectivity index (χ3n) is 2.07. The zero-order chi connectivity index (χ0) is 11.3. The summed E-state index contributed by atoms with van der Waals surface area (Å²) in [4.78, 5) is 0. The minimum absolute atomic E-state index is 0.205. The van der Waals surface area contributed by atoms with Gasteiger partial charge in [-0.1, -0.05) is 26.0 Å². The standard InChI is InChI=1S/C12H18FNO/c1-9(2)8-15-12(7-14)10-4-3-5-11(13)6-10/h3-6,9,12H,7-8,14H2,1-2H3. The van der Waals surface area contributed by atoms with Crippen LogP contribution in [0, 0.1) is 11.7 Å². The molecule has 0 aliphatic carbocycles. The highest BCUT2D eigenvalue weighted by atomic mass is 19.1. The van der Waals surface area contributed by atoms with Gasteiger partial charge in [-0.25, -0.2) is 4.39 Å². The van der Waals surface area contributed by atoms with Crippen molar-refractivity contribution < 1.29 is 9.13 Å². The van der Waals surface area contributed by atoms with Gasteiger partial charge in [0.1, 0.15) is 5.82 Å². The van der Waals surface area contributed by atoms with E-state index in [-0.39, 0.29) is 11.9 Å². The topological polar surface area (TPSA) is 35.2 Å². The minimum Gasteiger partial charge on any atom is -0.372 e. The van der Waals surface area contributed by atoms with Gasteiger partial charge in [-0.15, -0.1) is 0 Å². The van der Waals surface area contributed by atoms with Crippen LogP contribution in [-0.4, -0.2) is 13.2 Å². The lowest BCUT2D eigenvalue weighted by molar-refractivity contribution is 0.0404. The molecule has 0 amide bonds. The Hall–Kier alpha value is -0.930. The first kappa shape index (κ1) is 12.1. The lowest BCUT2D eigenvalue weighted by Gasteiger charge is -2.17. The zero-order valence-corrected chi connectivity index (χ0v) is 9.24. The lowest BCUT2D eigenvalue weighted by atomic mass is 10.1. The lowest BCUT2D eigenvalue weighted by Crippen LogP contribution is -2.18. The van der Waals surface area contributed by atoms with Crippen molar-refractivity contribution in [2.24, 2.45) is 11.7 Å². The maximum Gasteiger partial charge on any atom is 0.123 e. The molecule has 0 heterocycles. The average Bonchev–Trinajstić information content (AvgIpc) is 2.18. The normalized spacial score (nSPS) is 13.1. The van der Waals surface area contributed by atoms with Gasteiger partial charge in [0, 0.05) is 13.2 Å². The van der Waals surface area contributed by atoms with Gasteiger partial charge in [0.25, 0.3) is 0 Å². The summed E-state index contributed by atoms with van der Waals surface area (Å²) in [6.45, 7) is 5.15. The maximum atomic E-state index is 13.0. The SMILES string of the molecule is CC(C)COC(CN)c1cccc(F)c1. The van der Waals surface area contributed by atoms with Crippen LogP contribution < -0.4 is 5.73 Å². The van der Waals surface area contributed by atoms with E-state index in [1.165, 1.54) is 12.1 Å². The summed E-state index contributed by atoms with van der Waals surface area (Å²) in [6.07, 6.45) is -0.205. The number of halogens is 1. The number of hydrogen-bond acceptors (Lipinski definition) is 2. The van der Waals surface area contributed by atoms with Crippen molar-refractivity contribution in [3.8, 4) is 0 Å². The predicted octanol–water partition coefficient (Wildman–Crippen LogP) is 2.50. The number of rotatable bonds is 5. The molecule has 2 N–H and O–H groups in total. The highest BCUT2D eigenvalue weighted by molar-refractivity contribution is 5.19. The smallest absolute Gasteiger partial charge is 0.123 e. The third kappa shape index (κ3) is 3.98. The number of nitrogens with two attached hydrogens (primary N) is 1. The molecule has 2 nitrogen and oxygen atoms in total. The Morgan fingerprint density at radius 2 is 2.13 bits per heavy atom. The summed E-state index contributed by atoms with van der Waals surface area (Å²) >= 11 is 0. The molecule has 1 unspecified atom stereocenters. The van der Waals surface area contributed by atoms with Crippen molar-refractivity contribution in [2.45, 2.75) is 20.0 Å². The van der Waals surface area contributed by atoms with E-state index in [4.69, 9.17) is 10.5 Å². The first-order chi connectivity index (χ1) is 7.13. The highest BCUT2D eigenvalue weighted by Gasteiger charge is 2.11. The van der Waals surface area contributed by atoms with Crippen molar-refractivity contribution in [1.82, 2.24) is 0 Å². The molecule has 1 atom stereocenters. The highest BCUT2D eigenvalue weighted by Crippen LogP contribution is 2.17. The largest absolute Gasteiger partial charge is 0.372 e. The fourth-order valence-electron chi connectivity index (χ4n) is 1.32. The molecular formula is C12H18FNO. The predicted molar refractivity (Wildman–Crippen MR) is 59.0 cm³/mol. The molecule has 15 heavy (non-hydrogen) atoms. The van der Waals surface area contributed by atoms with Gasteiger partial charge in [0.2, 0.25) is 0 Å². The van der Waals surface area contributed by atoms with E-state index in [1.807, 2.05) is 6.07 Å². The van der Waals surface area contributed by atoms with Crippen LogP contribution in [0.3, 0.4) is 0 Å². The van der Waals surface area contributed by atoms with Crippen LogP contribution in [0.2, 0.25) is 0 Å². The summed E-state index contributed by atoms with van der Waals surface area (Å²) in [5.41, 5.74) is 6.40. The van der Waals surface area contributed by atoms with E-state index in [2.05, 4.69) is 13.8 Å². The molecule has 0 aliphatic rings. The van der Waals surface area contributed by atoms with Gasteiger partial charge in [0.05, 0.1) is 6.10 Å². The molecule has 0 fully saturated rings. The molecule has 1 aromatic rings. The molecule has 0 spiro atoms. The summed E-state index contributed by atoms with van der Waals surface area (Å²) < 4.78 is 18.6. The summed E-state index contributed by atoms with van der Waals surface area (Å²) in [5.74, 6) is 0.201. The van der Waals surface area contributed by atoms with Crippen LogP contribution in [0.5, 0.6) is 0 Å². The first-order valence-corrected chi connectivity index (χ1v) is 5.20. The van der Waals surface area contributed by atoms with Gasteiger partial charge in [-0.3, -0.25) is 0 Å². The van der Waals surface area contributed by atoms with Crippen LogP contribution in [0.1, 0.15) is 25.5 Å². The Labute approximate surface area is 90.2 Å². The minimum atomic E-state index is -0.251. The Morgan fingerprint density at radius 3 is 2.67 bits per heavy atom. The van der Waals surface area contributed by atoms with E-state index in [9.17, 15) is 4.39 Å². The zero-order valence-electron chi connectivity index (χ0n) is 9.24. The molecule has 0 radical (unpaired) electrons. The average molecular weight is 211 g/mol. The molecule has 1 rings (SSSR count). The number of hydrogen-bond donors (Lipinski definition) is 1. The molecule has 3 heteroatoms. The van der Waals surface area contributed by atoms with Gasteiger partial charge in [-0.05, 0) is 23.6 Å². The fraction of sp³-hybridized carbons (Fsp3) is 0.500. The van der Waals surface area contributed by atoms with Gasteiger partial charge in [-0.2, -0.15) is 0 Å². The van der Waals surface area contributed by atoms with Crippen LogP contribution in [0.4, 0.5) is 4.39 Å². The third-order valence-corrected chi connectivity index (χ3v) is 2.07. The monoisotopic (exact) mass is 211 g/mol. The molecule has 1 aromatic carbocycles. The van der Waals surface area contributed by atoms with E-state index >= 15 is 0 Å². The fourth-order valence-corrected chi connectivity index (χ4v) is 1.32. The Bertz CT molecular complexity index is 301. The van der Waals surface area contributed by atoms with Crippen molar-refractivity contribution in [3.63, 3.8) is 0 Å². The van der Waals surface area contributed by atoms with Crippen molar-refractivity contribution in [3.05, 3.63) is 35.6 Å². The van der Waals surface area contributed by atoms with Crippen LogP contribution in [-0.2, 0) is 4.74 Å². The van der Waals surface area contributed by atoms with Crippen molar-refractivity contribution >= 4 is 0 Å². The second kappa shape index (κ2) is 5.83. The van der Waals surface area contributed by atoms with Gasteiger partial charge >= 0.3 is 0 Å². The van der Waals surface area contributed by atoms with Crippen LogP contribution in [0.15, 0.2) is 24.3 Å². The van der Waals surface area contributed by atoms with E-state index in [1.54, 1.807) is 6.07 Å². The molecule has 0 aliphatic heterocycles. The van der Waals surface area contributed by atoms with Crippen molar-refractivity contribution in [1.29, 1.82) is 0 Å². The van der Waals surface area contributed by atoms with Gasteiger partial charge < -0.3 is 10.5 Å². The first-order valence-electron chi connectivity index (χ1n) is 5.20. The summed E-state index contributed by atoms with van der Waals surface area (Å²) in [5, 5.41) is 0. The molecule has 0 aromatic heterocycles. The van der Waals surface area contributed by atoms with Crippen LogP contribution >= 0.6 is 0 Å². The summed E-state index contributed by atoms with van der Waals surface area (Å²) in [6, 6.07) is 6.39. The van der Waals surface area contributed by atoms with Crippen LogP contribution in [0.25, 0.3) is 0 Å². The number of ether oxygens (including phenoxy) is 1. The second-order valence-electron chi connectivity index (χ2n) is 4.01. The molecule has 0 saturated carbocycles. The molecule has 0 bridgehead atoms. The Morgan fingerprint density at radius 1 is 1.40 bits per heavy atom. The van der Waals surface area contributed by atoms with Crippen molar-refractivity contribution in [2.75, 3.05) is 13.2 Å². The van der Waals surface area contributed by atoms with Gasteiger partial charge in [0.15, 0.2) is 0 Å². The van der Waals surface area contributed by atoms with E-state index in [0.29, 0.717) is 19.1 Å². The maximum absolute atomic E-state index is 13.0. The molecular weight excluding hydrogens is 193 g/mol.